The lowest BCUT2D eigenvalue weighted by molar-refractivity contribution is -0.660. The van der Waals surface area contributed by atoms with Crippen molar-refractivity contribution < 1.29 is 8.98 Å². The van der Waals surface area contributed by atoms with E-state index < -0.39 is 0 Å². The molecule has 1 aliphatic rings. The molecular weight excluding hydrogens is 378 g/mol. The summed E-state index contributed by atoms with van der Waals surface area (Å²) in [6.45, 7) is 9.15. The van der Waals surface area contributed by atoms with Crippen LogP contribution in [-0.2, 0) is 13.5 Å². The summed E-state index contributed by atoms with van der Waals surface area (Å²) in [5.41, 5.74) is 8.91. The Balaban J connectivity index is 1.57. The van der Waals surface area contributed by atoms with Crippen molar-refractivity contribution in [1.82, 2.24) is 0 Å². The first kappa shape index (κ1) is 20.3. The molecule has 2 heteroatoms. The monoisotopic (exact) mass is 412 g/mol. The number of benzene rings is 2. The Morgan fingerprint density at radius 1 is 0.968 bits per heavy atom. The number of hydrogen-bond donors (Lipinski definition) is 0. The maximum Gasteiger partial charge on any atom is 0.216 e. The first-order chi connectivity index (χ1) is 14.8. The molecule has 31 heavy (non-hydrogen) atoms. The van der Waals surface area contributed by atoms with Crippen LogP contribution in [0.25, 0.3) is 33.2 Å². The number of rotatable bonds is 3. The summed E-state index contributed by atoms with van der Waals surface area (Å²) in [6.07, 6.45) is 8.80. The third-order valence-electron chi connectivity index (χ3n) is 7.46. The second-order valence-electron chi connectivity index (χ2n) is 10.6. The normalized spacial score (nSPS) is 16.9. The van der Waals surface area contributed by atoms with Crippen molar-refractivity contribution in [3.05, 3.63) is 65.4 Å². The lowest BCUT2D eigenvalue weighted by Gasteiger charge is -2.34. The number of hydrogen-bond acceptors (Lipinski definition) is 1. The van der Waals surface area contributed by atoms with E-state index in [9.17, 15) is 0 Å². The predicted molar refractivity (Wildman–Crippen MR) is 129 cm³/mol. The summed E-state index contributed by atoms with van der Waals surface area (Å²) >= 11 is 0. The molecule has 1 aliphatic carbocycles. The Kier molecular flexibility index (Phi) is 4.92. The molecule has 0 atom stereocenters. The van der Waals surface area contributed by atoms with Crippen LogP contribution in [0.2, 0.25) is 0 Å². The average molecular weight is 413 g/mol. The fourth-order valence-corrected chi connectivity index (χ4v) is 5.35. The fourth-order valence-electron chi connectivity index (χ4n) is 5.35. The number of aromatic nitrogens is 1. The highest BCUT2D eigenvalue weighted by molar-refractivity contribution is 6.09. The van der Waals surface area contributed by atoms with Crippen molar-refractivity contribution in [3.63, 3.8) is 0 Å². The van der Waals surface area contributed by atoms with Crippen molar-refractivity contribution in [2.45, 2.75) is 59.8 Å². The van der Waals surface area contributed by atoms with E-state index in [4.69, 9.17) is 4.42 Å². The zero-order valence-electron chi connectivity index (χ0n) is 19.6. The molecule has 2 aromatic heterocycles. The van der Waals surface area contributed by atoms with E-state index in [1.807, 2.05) is 0 Å². The smallest absolute Gasteiger partial charge is 0.216 e. The summed E-state index contributed by atoms with van der Waals surface area (Å²) in [7, 11) is 2.15. The highest BCUT2D eigenvalue weighted by Gasteiger charge is 2.27. The van der Waals surface area contributed by atoms with Crippen LogP contribution in [0, 0.1) is 25.2 Å². The molecule has 0 bridgehead atoms. The Labute approximate surface area is 185 Å². The second kappa shape index (κ2) is 7.51. The van der Waals surface area contributed by atoms with Crippen molar-refractivity contribution in [2.24, 2.45) is 18.4 Å². The largest absolute Gasteiger partial charge is 0.455 e. The van der Waals surface area contributed by atoms with Gasteiger partial charge in [0.25, 0.3) is 0 Å². The molecule has 0 amide bonds. The molecule has 5 rings (SSSR count). The summed E-state index contributed by atoms with van der Waals surface area (Å²) in [5.74, 6) is 0.805. The van der Waals surface area contributed by atoms with Gasteiger partial charge in [-0.2, -0.15) is 0 Å². The molecule has 0 saturated heterocycles. The van der Waals surface area contributed by atoms with Crippen LogP contribution in [-0.4, -0.2) is 0 Å². The van der Waals surface area contributed by atoms with Crippen molar-refractivity contribution in [3.8, 4) is 11.3 Å². The zero-order chi connectivity index (χ0) is 21.8. The van der Waals surface area contributed by atoms with Crippen LogP contribution < -0.4 is 4.57 Å². The number of aryl methyl sites for hydroxylation is 3. The summed E-state index contributed by atoms with van der Waals surface area (Å²) in [6, 6.07) is 15.7. The van der Waals surface area contributed by atoms with Gasteiger partial charge < -0.3 is 4.42 Å². The first-order valence-electron chi connectivity index (χ1n) is 11.7. The van der Waals surface area contributed by atoms with Crippen LogP contribution in [0.4, 0.5) is 0 Å². The van der Waals surface area contributed by atoms with E-state index in [0.29, 0.717) is 5.41 Å². The Morgan fingerprint density at radius 3 is 2.48 bits per heavy atom. The standard InChI is InChI=1S/C29H34NO/c1-19-6-8-23-24-9-7-20(2)27(28(24)31-26(23)16-19)25-18-22(12-15-30(25)5)17-21-10-13-29(3,4)14-11-21/h6-9,12,15-16,18,21H,10-11,13-14,17H2,1-5H3/q+1. The topological polar surface area (TPSA) is 17.0 Å². The third-order valence-corrected chi connectivity index (χ3v) is 7.46. The quantitative estimate of drug-likeness (QED) is 0.319. The number of furan rings is 1. The van der Waals surface area contributed by atoms with Crippen LogP contribution in [0.3, 0.4) is 0 Å². The van der Waals surface area contributed by atoms with Gasteiger partial charge in [0, 0.05) is 22.9 Å². The van der Waals surface area contributed by atoms with Crippen LogP contribution in [0.15, 0.2) is 53.1 Å². The van der Waals surface area contributed by atoms with Gasteiger partial charge in [-0.25, -0.2) is 4.57 Å². The predicted octanol–water partition coefficient (Wildman–Crippen LogP) is 7.45. The Hall–Kier alpha value is -2.61. The summed E-state index contributed by atoms with van der Waals surface area (Å²) in [4.78, 5) is 0. The van der Waals surface area contributed by atoms with Gasteiger partial charge in [-0.05, 0) is 80.0 Å². The lowest BCUT2D eigenvalue weighted by Crippen LogP contribution is -2.31. The fraction of sp³-hybridized carbons (Fsp3) is 0.414. The molecule has 0 radical (unpaired) electrons. The number of pyridine rings is 1. The van der Waals surface area contributed by atoms with Gasteiger partial charge in [0.05, 0.1) is 5.56 Å². The van der Waals surface area contributed by atoms with E-state index in [-0.39, 0.29) is 0 Å². The number of nitrogens with zero attached hydrogens (tertiary/aromatic N) is 1. The van der Waals surface area contributed by atoms with E-state index in [1.165, 1.54) is 70.8 Å². The van der Waals surface area contributed by atoms with Gasteiger partial charge in [0.2, 0.25) is 5.69 Å². The molecular formula is C29H34NO+. The molecule has 0 unspecified atom stereocenters. The minimum Gasteiger partial charge on any atom is -0.455 e. The molecule has 0 aliphatic heterocycles. The van der Waals surface area contributed by atoms with Gasteiger partial charge in [-0.15, -0.1) is 0 Å². The van der Waals surface area contributed by atoms with E-state index in [0.717, 1.165) is 17.1 Å². The summed E-state index contributed by atoms with van der Waals surface area (Å²) < 4.78 is 8.70. The number of fused-ring (bicyclic) bond motifs is 3. The minimum absolute atomic E-state index is 0.525. The van der Waals surface area contributed by atoms with E-state index in [1.54, 1.807) is 0 Å². The van der Waals surface area contributed by atoms with Crippen LogP contribution in [0.5, 0.6) is 0 Å². The molecule has 1 fully saturated rings. The van der Waals surface area contributed by atoms with Gasteiger partial charge in [0.15, 0.2) is 6.20 Å². The van der Waals surface area contributed by atoms with Gasteiger partial charge in [0.1, 0.15) is 18.2 Å². The third kappa shape index (κ3) is 3.78. The molecule has 0 N–H and O–H groups in total. The highest BCUT2D eigenvalue weighted by Crippen LogP contribution is 2.40. The highest BCUT2D eigenvalue weighted by atomic mass is 16.3. The minimum atomic E-state index is 0.525. The lowest BCUT2D eigenvalue weighted by atomic mass is 9.72. The van der Waals surface area contributed by atoms with Crippen LogP contribution in [0.1, 0.15) is 56.2 Å². The maximum absolute atomic E-state index is 6.45. The second-order valence-corrected chi connectivity index (χ2v) is 10.6. The van der Waals surface area contributed by atoms with E-state index in [2.05, 4.69) is 88.0 Å². The van der Waals surface area contributed by atoms with Gasteiger partial charge in [-0.1, -0.05) is 38.1 Å². The van der Waals surface area contributed by atoms with Gasteiger partial charge >= 0.3 is 0 Å². The van der Waals surface area contributed by atoms with Crippen molar-refractivity contribution >= 4 is 21.9 Å². The zero-order valence-corrected chi connectivity index (χ0v) is 19.6. The molecule has 4 aromatic rings. The molecule has 1 saturated carbocycles. The maximum atomic E-state index is 6.45. The Morgan fingerprint density at radius 2 is 1.71 bits per heavy atom. The summed E-state index contributed by atoms with van der Waals surface area (Å²) in [5, 5.41) is 2.40. The Bertz CT molecular complexity index is 1270. The SMILES string of the molecule is Cc1ccc2c(c1)oc1c(-c3cc(CC4CCC(C)(C)CC4)cc[n+]3C)c(C)ccc12. The molecule has 2 heterocycles. The van der Waals surface area contributed by atoms with Gasteiger partial charge in [-0.3, -0.25) is 0 Å². The average Bonchev–Trinajstić information content (AvgIpc) is 3.08. The molecule has 0 spiro atoms. The molecule has 2 nitrogen and oxygen atoms in total. The van der Waals surface area contributed by atoms with Crippen LogP contribution >= 0.6 is 0 Å². The molecule has 2 aromatic carbocycles. The van der Waals surface area contributed by atoms with Crippen molar-refractivity contribution in [1.29, 1.82) is 0 Å². The first-order valence-corrected chi connectivity index (χ1v) is 11.7. The van der Waals surface area contributed by atoms with Crippen molar-refractivity contribution in [2.75, 3.05) is 0 Å². The molecule has 160 valence electrons. The van der Waals surface area contributed by atoms with E-state index >= 15 is 0 Å².